The maximum Gasteiger partial charge on any atom is 0.169 e. The molecule has 1 aliphatic heterocycles. The van der Waals surface area contributed by atoms with Crippen LogP contribution in [0.2, 0.25) is 0 Å². The van der Waals surface area contributed by atoms with Crippen LogP contribution in [0, 0.1) is 0 Å². The lowest BCUT2D eigenvalue weighted by molar-refractivity contribution is 0.285. The Kier molecular flexibility index (Phi) is 8.39. The highest BCUT2D eigenvalue weighted by Gasteiger charge is 2.19. The molecule has 0 unspecified atom stereocenters. The van der Waals surface area contributed by atoms with E-state index in [1.807, 2.05) is 43.3 Å². The summed E-state index contributed by atoms with van der Waals surface area (Å²) in [5.74, 6) is 3.05. The molecule has 0 spiro atoms. The first-order valence-corrected chi connectivity index (χ1v) is 12.4. The second kappa shape index (κ2) is 11.9. The molecule has 6 heteroatoms. The maximum absolute atomic E-state index is 6.09. The molecule has 0 aliphatic carbocycles. The highest BCUT2D eigenvalue weighted by atomic mass is 32.2. The summed E-state index contributed by atoms with van der Waals surface area (Å²) in [7, 11) is 1.70. The van der Waals surface area contributed by atoms with Crippen molar-refractivity contribution >= 4 is 17.6 Å². The summed E-state index contributed by atoms with van der Waals surface area (Å²) in [5, 5.41) is 0. The maximum atomic E-state index is 6.09. The van der Waals surface area contributed by atoms with Gasteiger partial charge < -0.3 is 19.1 Å². The van der Waals surface area contributed by atoms with Gasteiger partial charge in [-0.25, -0.2) is 4.31 Å². The number of hydrogen-bond acceptors (Lipinski definition) is 6. The van der Waals surface area contributed by atoms with E-state index in [4.69, 9.17) is 14.2 Å². The number of methoxy groups -OCH3 is 1. The number of piperazine rings is 1. The summed E-state index contributed by atoms with van der Waals surface area (Å²) >= 11 is 1.76. The summed E-state index contributed by atoms with van der Waals surface area (Å²) in [6.07, 6.45) is 0.753. The van der Waals surface area contributed by atoms with E-state index >= 15 is 0 Å². The summed E-state index contributed by atoms with van der Waals surface area (Å²) in [6.45, 7) is 10.4. The molecule has 0 radical (unpaired) electrons. The number of benzene rings is 3. The van der Waals surface area contributed by atoms with E-state index in [9.17, 15) is 0 Å². The van der Waals surface area contributed by atoms with E-state index in [1.165, 1.54) is 5.69 Å². The van der Waals surface area contributed by atoms with Crippen molar-refractivity contribution in [3.05, 3.63) is 90.7 Å². The molecule has 0 atom stereocenters. The summed E-state index contributed by atoms with van der Waals surface area (Å²) < 4.78 is 19.8. The van der Waals surface area contributed by atoms with Gasteiger partial charge in [0.2, 0.25) is 0 Å². The Balaban J connectivity index is 1.38. The first kappa shape index (κ1) is 24.0. The predicted molar refractivity (Wildman–Crippen MR) is 140 cm³/mol. The van der Waals surface area contributed by atoms with Gasteiger partial charge in [0.1, 0.15) is 12.4 Å². The van der Waals surface area contributed by atoms with Crippen LogP contribution in [0.5, 0.6) is 17.2 Å². The lowest BCUT2D eigenvalue weighted by Gasteiger charge is -2.35. The molecule has 1 fully saturated rings. The van der Waals surface area contributed by atoms with E-state index in [0.29, 0.717) is 12.4 Å². The van der Waals surface area contributed by atoms with Crippen LogP contribution in [0.3, 0.4) is 0 Å². The summed E-state index contributed by atoms with van der Waals surface area (Å²) in [4.78, 5) is 3.54. The molecule has 178 valence electrons. The van der Waals surface area contributed by atoms with E-state index in [1.54, 1.807) is 19.1 Å². The first-order chi connectivity index (χ1) is 16.6. The van der Waals surface area contributed by atoms with E-state index < -0.39 is 0 Å². The lowest BCUT2D eigenvalue weighted by Crippen LogP contribution is -2.43. The number of anilines is 1. The lowest BCUT2D eigenvalue weighted by atomic mass is 10.2. The van der Waals surface area contributed by atoms with Crippen molar-refractivity contribution in [2.24, 2.45) is 0 Å². The average molecular weight is 477 g/mol. The van der Waals surface area contributed by atoms with Crippen LogP contribution in [-0.4, -0.2) is 37.6 Å². The molecule has 1 saturated heterocycles. The van der Waals surface area contributed by atoms with Crippen LogP contribution in [0.1, 0.15) is 18.9 Å². The van der Waals surface area contributed by atoms with E-state index in [2.05, 4.69) is 52.2 Å². The van der Waals surface area contributed by atoms with Crippen LogP contribution in [-0.2, 0) is 6.61 Å². The molecule has 0 aromatic heterocycles. The summed E-state index contributed by atoms with van der Waals surface area (Å²) in [5.41, 5.74) is 2.36. The fraction of sp³-hybridized carbons (Fsp3) is 0.286. The van der Waals surface area contributed by atoms with Crippen molar-refractivity contribution in [2.75, 3.05) is 38.2 Å². The zero-order valence-electron chi connectivity index (χ0n) is 19.9. The Morgan fingerprint density at radius 1 is 0.912 bits per heavy atom. The van der Waals surface area contributed by atoms with Crippen LogP contribution in [0.4, 0.5) is 5.69 Å². The zero-order valence-corrected chi connectivity index (χ0v) is 20.7. The van der Waals surface area contributed by atoms with Crippen LogP contribution >= 0.6 is 11.9 Å². The molecule has 5 nitrogen and oxygen atoms in total. The molecule has 1 heterocycles. The molecule has 0 bridgehead atoms. The largest absolute Gasteiger partial charge is 0.497 e. The quantitative estimate of drug-likeness (QED) is 0.249. The smallest absolute Gasteiger partial charge is 0.169 e. The van der Waals surface area contributed by atoms with Crippen molar-refractivity contribution in [1.29, 1.82) is 0 Å². The van der Waals surface area contributed by atoms with Gasteiger partial charge in [-0.3, -0.25) is 0 Å². The first-order valence-electron chi connectivity index (χ1n) is 11.6. The summed E-state index contributed by atoms with van der Waals surface area (Å²) in [6, 6.07) is 24.6. The topological polar surface area (TPSA) is 34.2 Å². The third kappa shape index (κ3) is 6.49. The van der Waals surface area contributed by atoms with Crippen LogP contribution in [0.25, 0.3) is 0 Å². The number of rotatable bonds is 10. The van der Waals surface area contributed by atoms with Crippen molar-refractivity contribution in [3.63, 3.8) is 0 Å². The second-order valence-electron chi connectivity index (χ2n) is 8.08. The third-order valence-corrected chi connectivity index (χ3v) is 6.80. The monoisotopic (exact) mass is 476 g/mol. The van der Waals surface area contributed by atoms with Gasteiger partial charge in [-0.15, -0.1) is 0 Å². The van der Waals surface area contributed by atoms with Gasteiger partial charge in [0.25, 0.3) is 0 Å². The Morgan fingerprint density at radius 2 is 1.65 bits per heavy atom. The van der Waals surface area contributed by atoms with Gasteiger partial charge in [-0.1, -0.05) is 43.8 Å². The Morgan fingerprint density at radius 3 is 2.32 bits per heavy atom. The van der Waals surface area contributed by atoms with Gasteiger partial charge in [-0.2, -0.15) is 0 Å². The number of allylic oxidation sites excluding steroid dienone is 1. The standard InChI is InChI=1S/C28H32N2O3S/c1-4-22(2)33-28-20-26(14-15-27(28)32-21-23-8-6-5-7-9-23)34-30-18-16-29(17-19-30)24-10-12-25(31-3)13-11-24/h5-15,20H,2,4,16-19,21H2,1,3H3. The predicted octanol–water partition coefficient (Wildman–Crippen LogP) is 6.41. The molecule has 34 heavy (non-hydrogen) atoms. The Hall–Kier alpha value is -3.09. The molecule has 3 aromatic carbocycles. The second-order valence-corrected chi connectivity index (χ2v) is 9.25. The number of hydrogen-bond donors (Lipinski definition) is 0. The van der Waals surface area contributed by atoms with Gasteiger partial charge in [-0.05, 0) is 60.0 Å². The number of ether oxygens (including phenoxy) is 3. The van der Waals surface area contributed by atoms with Crippen LogP contribution < -0.4 is 19.1 Å². The Bertz CT molecular complexity index is 1060. The third-order valence-electron chi connectivity index (χ3n) is 5.71. The molecular formula is C28H32N2O3S. The molecule has 3 aromatic rings. The minimum Gasteiger partial charge on any atom is -0.497 e. The SMILES string of the molecule is C=C(CC)Oc1cc(SN2CCN(c3ccc(OC)cc3)CC2)ccc1OCc1ccccc1. The van der Waals surface area contributed by atoms with Crippen molar-refractivity contribution in [2.45, 2.75) is 24.8 Å². The fourth-order valence-corrected chi connectivity index (χ4v) is 4.62. The highest BCUT2D eigenvalue weighted by Crippen LogP contribution is 2.36. The number of nitrogens with zero attached hydrogens (tertiary/aromatic N) is 2. The minimum atomic E-state index is 0.496. The van der Waals surface area contributed by atoms with Gasteiger partial charge in [0.05, 0.1) is 12.9 Å². The van der Waals surface area contributed by atoms with Crippen molar-refractivity contribution < 1.29 is 14.2 Å². The normalized spacial score (nSPS) is 14.0. The molecular weight excluding hydrogens is 444 g/mol. The average Bonchev–Trinajstić information content (AvgIpc) is 2.89. The zero-order chi connectivity index (χ0) is 23.8. The van der Waals surface area contributed by atoms with Crippen LogP contribution in [0.15, 0.2) is 90.0 Å². The minimum absolute atomic E-state index is 0.496. The Labute approximate surface area is 207 Å². The highest BCUT2D eigenvalue weighted by molar-refractivity contribution is 7.97. The fourth-order valence-electron chi connectivity index (χ4n) is 3.69. The van der Waals surface area contributed by atoms with Crippen molar-refractivity contribution in [3.8, 4) is 17.2 Å². The molecule has 0 saturated carbocycles. The van der Waals surface area contributed by atoms with Gasteiger partial charge >= 0.3 is 0 Å². The van der Waals surface area contributed by atoms with E-state index in [-0.39, 0.29) is 0 Å². The molecule has 0 N–H and O–H groups in total. The van der Waals surface area contributed by atoms with E-state index in [0.717, 1.165) is 60.3 Å². The van der Waals surface area contributed by atoms with Gasteiger partial charge in [0.15, 0.2) is 11.5 Å². The molecule has 4 rings (SSSR count). The molecule has 1 aliphatic rings. The van der Waals surface area contributed by atoms with Crippen molar-refractivity contribution in [1.82, 2.24) is 4.31 Å². The van der Waals surface area contributed by atoms with Gasteiger partial charge in [0, 0.05) is 43.2 Å². The molecule has 0 amide bonds.